The van der Waals surface area contributed by atoms with Gasteiger partial charge in [0.05, 0.1) is 43.0 Å². The molecule has 0 radical (unpaired) electrons. The zero-order valence-electron chi connectivity index (χ0n) is 15.3. The molecule has 3 aromatic heterocycles. The van der Waals surface area contributed by atoms with Crippen LogP contribution < -0.4 is 9.21 Å². The van der Waals surface area contributed by atoms with E-state index < -0.39 is 10.0 Å². The number of aromatic nitrogens is 5. The van der Waals surface area contributed by atoms with Gasteiger partial charge in [-0.1, -0.05) is 0 Å². The summed E-state index contributed by atoms with van der Waals surface area (Å²) in [6.45, 7) is 3.93. The normalized spacial score (nSPS) is 18.2. The number of anilines is 2. The standard InChI is InChI=1S/C16H21N7O3S/c1-11-10-26-7-6-22(11)14-8-15(21(2)27(3,24)25)23-16(19-14)12(9-18-23)13-4-5-17-20-13/h4-5,8-9,11H,6-7,10H2,1-3H3,(H,17,20)/t11-/m1/s1. The number of rotatable bonds is 4. The highest BCUT2D eigenvalue weighted by molar-refractivity contribution is 7.92. The molecule has 3 aromatic rings. The number of morpholine rings is 1. The van der Waals surface area contributed by atoms with Gasteiger partial charge in [0, 0.05) is 25.9 Å². The van der Waals surface area contributed by atoms with Crippen LogP contribution in [0.4, 0.5) is 11.6 Å². The first kappa shape index (κ1) is 17.7. The lowest BCUT2D eigenvalue weighted by atomic mass is 10.2. The van der Waals surface area contributed by atoms with Gasteiger partial charge in [0.25, 0.3) is 0 Å². The van der Waals surface area contributed by atoms with Gasteiger partial charge in [-0.2, -0.15) is 14.7 Å². The van der Waals surface area contributed by atoms with Gasteiger partial charge in [0.1, 0.15) is 11.6 Å². The van der Waals surface area contributed by atoms with Crippen molar-refractivity contribution in [3.05, 3.63) is 24.5 Å². The highest BCUT2D eigenvalue weighted by Gasteiger charge is 2.25. The van der Waals surface area contributed by atoms with E-state index in [0.29, 0.717) is 37.0 Å². The summed E-state index contributed by atoms with van der Waals surface area (Å²) in [5.74, 6) is 1.10. The number of nitrogens with one attached hydrogen (secondary N) is 1. The topological polar surface area (TPSA) is 109 Å². The van der Waals surface area contributed by atoms with E-state index in [2.05, 4.69) is 27.1 Å². The van der Waals surface area contributed by atoms with Crippen LogP contribution >= 0.6 is 0 Å². The van der Waals surface area contributed by atoms with Crippen molar-refractivity contribution < 1.29 is 13.2 Å². The molecular formula is C16H21N7O3S. The molecule has 1 N–H and O–H groups in total. The fourth-order valence-corrected chi connectivity index (χ4v) is 3.61. The van der Waals surface area contributed by atoms with Crippen molar-refractivity contribution in [1.82, 2.24) is 24.8 Å². The van der Waals surface area contributed by atoms with Gasteiger partial charge in [-0.05, 0) is 13.0 Å². The largest absolute Gasteiger partial charge is 0.377 e. The predicted octanol–water partition coefficient (Wildman–Crippen LogP) is 0.740. The fourth-order valence-electron chi connectivity index (χ4n) is 3.14. The molecule has 0 aromatic carbocycles. The molecule has 0 amide bonds. The minimum absolute atomic E-state index is 0.128. The number of aromatic amines is 1. The van der Waals surface area contributed by atoms with Gasteiger partial charge in [0.15, 0.2) is 5.65 Å². The third kappa shape index (κ3) is 3.12. The monoisotopic (exact) mass is 391 g/mol. The summed E-state index contributed by atoms with van der Waals surface area (Å²) in [7, 11) is -1.96. The Morgan fingerprint density at radius 2 is 2.22 bits per heavy atom. The first-order chi connectivity index (χ1) is 12.9. The van der Waals surface area contributed by atoms with Crippen molar-refractivity contribution >= 4 is 27.3 Å². The summed E-state index contributed by atoms with van der Waals surface area (Å²) in [4.78, 5) is 6.91. The number of nitrogens with zero attached hydrogens (tertiary/aromatic N) is 6. The second kappa shape index (κ2) is 6.50. The number of hydrogen-bond acceptors (Lipinski definition) is 7. The van der Waals surface area contributed by atoms with Crippen molar-refractivity contribution in [2.45, 2.75) is 13.0 Å². The van der Waals surface area contributed by atoms with Crippen molar-refractivity contribution in [3.63, 3.8) is 0 Å². The lowest BCUT2D eigenvalue weighted by Gasteiger charge is -2.34. The number of fused-ring (bicyclic) bond motifs is 1. The zero-order chi connectivity index (χ0) is 19.2. The SMILES string of the molecule is C[C@@H]1COCCN1c1cc(N(C)S(C)(=O)=O)n2ncc(-c3ccn[nH]3)c2n1. The maximum Gasteiger partial charge on any atom is 0.233 e. The van der Waals surface area contributed by atoms with Crippen LogP contribution in [-0.2, 0) is 14.8 Å². The Morgan fingerprint density at radius 1 is 1.41 bits per heavy atom. The molecule has 10 nitrogen and oxygen atoms in total. The third-order valence-electron chi connectivity index (χ3n) is 4.71. The van der Waals surface area contributed by atoms with E-state index in [1.165, 1.54) is 15.9 Å². The number of H-pyrrole nitrogens is 1. The molecule has 1 aliphatic heterocycles. The zero-order valence-corrected chi connectivity index (χ0v) is 16.1. The lowest BCUT2D eigenvalue weighted by Crippen LogP contribution is -2.44. The molecule has 1 atom stereocenters. The van der Waals surface area contributed by atoms with Gasteiger partial charge in [-0.25, -0.2) is 13.4 Å². The fraction of sp³-hybridized carbons (Fsp3) is 0.438. The van der Waals surface area contributed by atoms with E-state index >= 15 is 0 Å². The molecule has 4 rings (SSSR count). The Kier molecular flexibility index (Phi) is 4.27. The van der Waals surface area contributed by atoms with E-state index in [4.69, 9.17) is 9.72 Å². The lowest BCUT2D eigenvalue weighted by molar-refractivity contribution is 0.0985. The van der Waals surface area contributed by atoms with Crippen molar-refractivity contribution in [2.75, 3.05) is 42.3 Å². The van der Waals surface area contributed by atoms with Crippen LogP contribution in [0.5, 0.6) is 0 Å². The van der Waals surface area contributed by atoms with Crippen LogP contribution in [0.2, 0.25) is 0 Å². The summed E-state index contributed by atoms with van der Waals surface area (Å²) in [6, 6.07) is 3.70. The number of sulfonamides is 1. The minimum Gasteiger partial charge on any atom is -0.377 e. The first-order valence-corrected chi connectivity index (χ1v) is 10.4. The molecule has 0 spiro atoms. The Balaban J connectivity index is 1.95. The Morgan fingerprint density at radius 3 is 2.89 bits per heavy atom. The molecular weight excluding hydrogens is 370 g/mol. The highest BCUT2D eigenvalue weighted by Crippen LogP contribution is 2.30. The van der Waals surface area contributed by atoms with Crippen LogP contribution in [0.3, 0.4) is 0 Å². The van der Waals surface area contributed by atoms with Crippen molar-refractivity contribution in [3.8, 4) is 11.3 Å². The Bertz CT molecular complexity index is 1060. The van der Waals surface area contributed by atoms with Gasteiger partial charge < -0.3 is 9.64 Å². The van der Waals surface area contributed by atoms with Gasteiger partial charge in [-0.15, -0.1) is 0 Å². The maximum atomic E-state index is 12.2. The van der Waals surface area contributed by atoms with Crippen LogP contribution in [0, 0.1) is 0 Å². The van der Waals surface area contributed by atoms with E-state index in [0.717, 1.165) is 17.5 Å². The Labute approximate surface area is 156 Å². The summed E-state index contributed by atoms with van der Waals surface area (Å²) < 4.78 is 32.6. The van der Waals surface area contributed by atoms with Crippen molar-refractivity contribution in [2.24, 2.45) is 0 Å². The molecule has 144 valence electrons. The molecule has 1 aliphatic rings. The van der Waals surface area contributed by atoms with Crippen LogP contribution in [0.25, 0.3) is 16.9 Å². The molecule has 11 heteroatoms. The van der Waals surface area contributed by atoms with Crippen LogP contribution in [0.1, 0.15) is 6.92 Å². The molecule has 4 heterocycles. The smallest absolute Gasteiger partial charge is 0.233 e. The Hall–Kier alpha value is -2.66. The average molecular weight is 391 g/mol. The molecule has 27 heavy (non-hydrogen) atoms. The summed E-state index contributed by atoms with van der Waals surface area (Å²) in [6.07, 6.45) is 4.47. The number of hydrogen-bond donors (Lipinski definition) is 1. The van der Waals surface area contributed by atoms with E-state index in [1.54, 1.807) is 18.5 Å². The van der Waals surface area contributed by atoms with E-state index in [9.17, 15) is 8.42 Å². The third-order valence-corrected chi connectivity index (χ3v) is 5.89. The molecule has 0 saturated carbocycles. The first-order valence-electron chi connectivity index (χ1n) is 8.53. The number of ether oxygens (including phenoxy) is 1. The molecule has 0 aliphatic carbocycles. The van der Waals surface area contributed by atoms with Crippen molar-refractivity contribution in [1.29, 1.82) is 0 Å². The minimum atomic E-state index is -3.47. The van der Waals surface area contributed by atoms with Gasteiger partial charge in [0.2, 0.25) is 10.0 Å². The predicted molar refractivity (Wildman–Crippen MR) is 101 cm³/mol. The quantitative estimate of drug-likeness (QED) is 0.699. The summed E-state index contributed by atoms with van der Waals surface area (Å²) >= 11 is 0. The summed E-state index contributed by atoms with van der Waals surface area (Å²) in [5, 5.41) is 11.3. The van der Waals surface area contributed by atoms with Gasteiger partial charge >= 0.3 is 0 Å². The second-order valence-corrected chi connectivity index (χ2v) is 8.60. The molecule has 0 unspecified atom stereocenters. The van der Waals surface area contributed by atoms with E-state index in [1.807, 2.05) is 6.07 Å². The van der Waals surface area contributed by atoms with E-state index in [-0.39, 0.29) is 6.04 Å². The summed E-state index contributed by atoms with van der Waals surface area (Å²) in [5.41, 5.74) is 2.07. The second-order valence-electron chi connectivity index (χ2n) is 6.58. The van der Waals surface area contributed by atoms with Crippen LogP contribution in [0.15, 0.2) is 24.5 Å². The molecule has 1 saturated heterocycles. The maximum absolute atomic E-state index is 12.2. The average Bonchev–Trinajstić information content (AvgIpc) is 3.29. The van der Waals surface area contributed by atoms with Crippen LogP contribution in [-0.4, -0.2) is 72.3 Å². The highest BCUT2D eigenvalue weighted by atomic mass is 32.2. The van der Waals surface area contributed by atoms with Gasteiger partial charge in [-0.3, -0.25) is 9.40 Å². The molecule has 1 fully saturated rings. The molecule has 0 bridgehead atoms.